The number of likely N-dealkylation sites (N-methyl/N-ethyl adjacent to an activating group) is 1. The lowest BCUT2D eigenvalue weighted by Gasteiger charge is -2.24. The lowest BCUT2D eigenvalue weighted by atomic mass is 10.2. The number of aliphatic hydroxyl groups excluding tert-OH is 1. The van der Waals surface area contributed by atoms with Gasteiger partial charge in [-0.05, 0) is 20.5 Å². The normalized spacial score (nSPS) is 24.2. The van der Waals surface area contributed by atoms with Gasteiger partial charge in [0.25, 0.3) is 0 Å². The lowest BCUT2D eigenvalue weighted by molar-refractivity contribution is 0.191. The maximum atomic E-state index is 9.78. The van der Waals surface area contributed by atoms with E-state index in [4.69, 9.17) is 16.0 Å². The van der Waals surface area contributed by atoms with E-state index in [1.54, 1.807) is 0 Å². The first kappa shape index (κ1) is 13.6. The molecule has 2 unspecified atom stereocenters. The second kappa shape index (κ2) is 5.86. The Morgan fingerprint density at radius 1 is 1.50 bits per heavy atom. The Morgan fingerprint density at radius 3 is 2.94 bits per heavy atom. The standard InChI is InChI=1S/C11H19ClN4O2/c1-15(2)6-8-5-9(17)7-16(8)11-14-13-10(18-11)3-4-12/h8-9,17H,3-7H2,1-2H3. The van der Waals surface area contributed by atoms with Crippen LogP contribution >= 0.6 is 11.6 Å². The highest BCUT2D eigenvalue weighted by molar-refractivity contribution is 6.17. The smallest absolute Gasteiger partial charge is 0.318 e. The van der Waals surface area contributed by atoms with Crippen LogP contribution in [0.25, 0.3) is 0 Å². The average molecular weight is 275 g/mol. The largest absolute Gasteiger partial charge is 0.408 e. The fraction of sp³-hybridized carbons (Fsp3) is 0.818. The van der Waals surface area contributed by atoms with Gasteiger partial charge < -0.3 is 19.3 Å². The molecule has 1 aliphatic rings. The summed E-state index contributed by atoms with van der Waals surface area (Å²) in [6.07, 6.45) is 0.965. The SMILES string of the molecule is CN(C)CC1CC(O)CN1c1nnc(CCCl)o1. The molecule has 1 aromatic heterocycles. The zero-order chi connectivity index (χ0) is 13.1. The van der Waals surface area contributed by atoms with Gasteiger partial charge in [-0.3, -0.25) is 0 Å². The van der Waals surface area contributed by atoms with Gasteiger partial charge in [-0.15, -0.1) is 16.7 Å². The van der Waals surface area contributed by atoms with Gasteiger partial charge >= 0.3 is 6.01 Å². The number of hydrogen-bond donors (Lipinski definition) is 1. The van der Waals surface area contributed by atoms with Gasteiger partial charge in [-0.2, -0.15) is 0 Å². The predicted octanol–water partition coefficient (Wildman–Crippen LogP) is 0.352. The molecular weight excluding hydrogens is 256 g/mol. The van der Waals surface area contributed by atoms with Crippen molar-refractivity contribution in [2.75, 3.05) is 38.0 Å². The zero-order valence-electron chi connectivity index (χ0n) is 10.7. The van der Waals surface area contributed by atoms with Crippen LogP contribution in [0.4, 0.5) is 6.01 Å². The Hall–Kier alpha value is -0.850. The molecule has 18 heavy (non-hydrogen) atoms. The minimum absolute atomic E-state index is 0.208. The highest BCUT2D eigenvalue weighted by Crippen LogP contribution is 2.25. The summed E-state index contributed by atoms with van der Waals surface area (Å²) in [6.45, 7) is 1.39. The summed E-state index contributed by atoms with van der Waals surface area (Å²) in [5, 5.41) is 17.8. The van der Waals surface area contributed by atoms with E-state index in [1.165, 1.54) is 0 Å². The summed E-state index contributed by atoms with van der Waals surface area (Å²) in [6, 6.07) is 0.692. The van der Waals surface area contributed by atoms with Crippen LogP contribution in [0.1, 0.15) is 12.3 Å². The van der Waals surface area contributed by atoms with Crippen LogP contribution < -0.4 is 4.90 Å². The molecule has 102 valence electrons. The van der Waals surface area contributed by atoms with Crippen LogP contribution in [-0.4, -0.2) is 65.4 Å². The Morgan fingerprint density at radius 2 is 2.28 bits per heavy atom. The molecule has 1 aliphatic heterocycles. The molecule has 0 radical (unpaired) electrons. The van der Waals surface area contributed by atoms with Gasteiger partial charge in [0.05, 0.1) is 6.10 Å². The number of β-amino-alcohol motifs (C(OH)–C–C–N with tert-alkyl or cyclic N) is 1. The number of aryl methyl sites for hydroxylation is 1. The summed E-state index contributed by atoms with van der Waals surface area (Å²) in [4.78, 5) is 4.07. The number of aliphatic hydroxyl groups is 1. The number of nitrogens with zero attached hydrogens (tertiary/aromatic N) is 4. The number of aromatic nitrogens is 2. The van der Waals surface area contributed by atoms with Crippen LogP contribution in [0, 0.1) is 0 Å². The molecular formula is C11H19ClN4O2. The zero-order valence-corrected chi connectivity index (χ0v) is 11.5. The molecule has 1 fully saturated rings. The molecule has 0 saturated carbocycles. The van der Waals surface area contributed by atoms with Crippen molar-refractivity contribution in [3.8, 4) is 0 Å². The van der Waals surface area contributed by atoms with Crippen molar-refractivity contribution in [1.82, 2.24) is 15.1 Å². The van der Waals surface area contributed by atoms with Crippen LogP contribution in [0.3, 0.4) is 0 Å². The third-order valence-corrected chi connectivity index (χ3v) is 3.17. The van der Waals surface area contributed by atoms with Crippen molar-refractivity contribution in [2.45, 2.75) is 25.0 Å². The van der Waals surface area contributed by atoms with E-state index in [0.29, 0.717) is 30.8 Å². The molecule has 0 aromatic carbocycles. The van der Waals surface area contributed by atoms with Crippen LogP contribution in [0.15, 0.2) is 4.42 Å². The maximum absolute atomic E-state index is 9.78. The summed E-state index contributed by atoms with van der Waals surface area (Å²) < 4.78 is 5.56. The molecule has 1 saturated heterocycles. The van der Waals surface area contributed by atoms with E-state index >= 15 is 0 Å². The summed E-state index contributed by atoms with van der Waals surface area (Å²) in [5.74, 6) is 1.01. The van der Waals surface area contributed by atoms with Gasteiger partial charge in [0.1, 0.15) is 0 Å². The van der Waals surface area contributed by atoms with Gasteiger partial charge in [0.2, 0.25) is 5.89 Å². The first-order valence-electron chi connectivity index (χ1n) is 6.08. The molecule has 0 bridgehead atoms. The average Bonchev–Trinajstić information content (AvgIpc) is 2.85. The number of hydrogen-bond acceptors (Lipinski definition) is 6. The van der Waals surface area contributed by atoms with Crippen molar-refractivity contribution >= 4 is 17.6 Å². The Kier molecular flexibility index (Phi) is 4.42. The van der Waals surface area contributed by atoms with Crippen molar-refractivity contribution in [1.29, 1.82) is 0 Å². The van der Waals surface area contributed by atoms with Crippen LogP contribution in [0.5, 0.6) is 0 Å². The number of halogens is 1. The number of anilines is 1. The topological polar surface area (TPSA) is 65.6 Å². The third-order valence-electron chi connectivity index (χ3n) is 2.98. The van der Waals surface area contributed by atoms with Crippen LogP contribution in [-0.2, 0) is 6.42 Å². The third kappa shape index (κ3) is 3.13. The van der Waals surface area contributed by atoms with Crippen molar-refractivity contribution < 1.29 is 9.52 Å². The summed E-state index contributed by atoms with van der Waals surface area (Å²) in [5.41, 5.74) is 0. The van der Waals surface area contributed by atoms with E-state index in [9.17, 15) is 5.11 Å². The molecule has 0 spiro atoms. The Bertz CT molecular complexity index is 385. The molecule has 0 aliphatic carbocycles. The van der Waals surface area contributed by atoms with E-state index in [-0.39, 0.29) is 12.1 Å². The fourth-order valence-corrected chi connectivity index (χ4v) is 2.43. The predicted molar refractivity (Wildman–Crippen MR) is 69.0 cm³/mol. The first-order valence-corrected chi connectivity index (χ1v) is 6.61. The second-order valence-electron chi connectivity index (χ2n) is 4.88. The molecule has 1 N–H and O–H groups in total. The van der Waals surface area contributed by atoms with Crippen LogP contribution in [0.2, 0.25) is 0 Å². The van der Waals surface area contributed by atoms with Gasteiger partial charge in [-0.1, -0.05) is 5.10 Å². The van der Waals surface area contributed by atoms with Crippen molar-refractivity contribution in [3.05, 3.63) is 5.89 Å². The van der Waals surface area contributed by atoms with E-state index in [2.05, 4.69) is 15.1 Å². The van der Waals surface area contributed by atoms with E-state index in [1.807, 2.05) is 19.0 Å². The minimum atomic E-state index is -0.335. The molecule has 2 heterocycles. The summed E-state index contributed by atoms with van der Waals surface area (Å²) >= 11 is 5.64. The maximum Gasteiger partial charge on any atom is 0.318 e. The molecule has 1 aromatic rings. The highest BCUT2D eigenvalue weighted by atomic mass is 35.5. The molecule has 2 rings (SSSR count). The molecule has 6 nitrogen and oxygen atoms in total. The number of alkyl halides is 1. The van der Waals surface area contributed by atoms with Gasteiger partial charge in [0.15, 0.2) is 0 Å². The van der Waals surface area contributed by atoms with Gasteiger partial charge in [-0.25, -0.2) is 0 Å². The highest BCUT2D eigenvalue weighted by Gasteiger charge is 2.34. The lowest BCUT2D eigenvalue weighted by Crippen LogP contribution is -2.37. The van der Waals surface area contributed by atoms with Crippen molar-refractivity contribution in [2.24, 2.45) is 0 Å². The Balaban J connectivity index is 2.08. The van der Waals surface area contributed by atoms with Crippen molar-refractivity contribution in [3.63, 3.8) is 0 Å². The molecule has 0 amide bonds. The molecule has 7 heteroatoms. The van der Waals surface area contributed by atoms with Gasteiger partial charge in [0, 0.05) is 31.4 Å². The number of rotatable bonds is 5. The molecule has 2 atom stereocenters. The van der Waals surface area contributed by atoms with E-state index < -0.39 is 0 Å². The quantitative estimate of drug-likeness (QED) is 0.782. The fourth-order valence-electron chi connectivity index (χ4n) is 2.26. The Labute approximate surface area is 112 Å². The summed E-state index contributed by atoms with van der Waals surface area (Å²) in [7, 11) is 4.02. The minimum Gasteiger partial charge on any atom is -0.408 e. The first-order chi connectivity index (χ1) is 8.60. The monoisotopic (exact) mass is 274 g/mol. The van der Waals surface area contributed by atoms with E-state index in [0.717, 1.165) is 13.0 Å². The second-order valence-corrected chi connectivity index (χ2v) is 5.25.